The number of amidine groups is 1. The Hall–Kier alpha value is -6.04. The molecule has 49 heavy (non-hydrogen) atoms. The van der Waals surface area contributed by atoms with E-state index in [0.717, 1.165) is 36.3 Å². The molecule has 12 nitrogen and oxygen atoms in total. The maximum atomic E-state index is 13.7. The van der Waals surface area contributed by atoms with E-state index in [1.807, 2.05) is 41.9 Å². The second kappa shape index (κ2) is 14.8. The fourth-order valence-electron chi connectivity index (χ4n) is 5.82. The number of aromatic nitrogens is 3. The Balaban J connectivity index is 1.07. The van der Waals surface area contributed by atoms with Crippen molar-refractivity contribution < 1.29 is 23.9 Å². The van der Waals surface area contributed by atoms with E-state index < -0.39 is 6.09 Å². The van der Waals surface area contributed by atoms with Crippen molar-refractivity contribution in [1.82, 2.24) is 19.9 Å². The summed E-state index contributed by atoms with van der Waals surface area (Å²) in [7, 11) is 1.91. The van der Waals surface area contributed by atoms with Gasteiger partial charge in [0.1, 0.15) is 23.2 Å². The van der Waals surface area contributed by atoms with Crippen molar-refractivity contribution in [3.63, 3.8) is 0 Å². The van der Waals surface area contributed by atoms with E-state index >= 15 is 0 Å². The molecule has 0 radical (unpaired) electrons. The molecule has 0 spiro atoms. The lowest BCUT2D eigenvalue weighted by Crippen LogP contribution is -2.34. The van der Waals surface area contributed by atoms with Gasteiger partial charge in [0.15, 0.2) is 0 Å². The standard InChI is InChI=1S/C37H37N7O5/c1-3-48-34(45)18-20-44(32-9-4-5-19-39-32)36(46)27-13-17-31-30(22-27)41-33(43(31)2)23-40-28-14-10-25(11-15-28)35(38)42-37(47)49-29-16-12-24-7-6-8-26(24)21-29/h4-5,9-17,19,21-22,40H,3,6-8,18,20,23H2,1-2H3,(H2,38,42,47). The first-order chi connectivity index (χ1) is 23.8. The summed E-state index contributed by atoms with van der Waals surface area (Å²) in [4.78, 5) is 48.7. The Bertz CT molecular complexity index is 2010. The van der Waals surface area contributed by atoms with E-state index in [2.05, 4.69) is 15.6 Å². The van der Waals surface area contributed by atoms with Crippen LogP contribution in [0.2, 0.25) is 0 Å². The number of carbonyl (C=O) groups excluding carboxylic acids is 3. The monoisotopic (exact) mass is 659 g/mol. The van der Waals surface area contributed by atoms with Crippen molar-refractivity contribution >= 4 is 46.3 Å². The molecule has 3 aromatic carbocycles. The number of benzene rings is 3. The van der Waals surface area contributed by atoms with Crippen molar-refractivity contribution in [2.45, 2.75) is 39.2 Å². The molecule has 1 aliphatic carbocycles. The molecule has 250 valence electrons. The summed E-state index contributed by atoms with van der Waals surface area (Å²) in [5, 5.41) is 14.2. The van der Waals surface area contributed by atoms with Crippen LogP contribution in [-0.2, 0) is 36.0 Å². The van der Waals surface area contributed by atoms with Crippen LogP contribution in [0.1, 0.15) is 52.6 Å². The van der Waals surface area contributed by atoms with Crippen LogP contribution < -0.4 is 20.3 Å². The van der Waals surface area contributed by atoms with Crippen LogP contribution in [-0.4, -0.2) is 51.5 Å². The zero-order valence-corrected chi connectivity index (χ0v) is 27.4. The highest BCUT2D eigenvalue weighted by molar-refractivity contribution is 6.07. The highest BCUT2D eigenvalue weighted by Gasteiger charge is 2.22. The van der Waals surface area contributed by atoms with Crippen molar-refractivity contribution in [2.24, 2.45) is 7.05 Å². The average molecular weight is 660 g/mol. The maximum absolute atomic E-state index is 13.7. The number of hydrogen-bond donors (Lipinski definition) is 3. The minimum absolute atomic E-state index is 0.0402. The molecule has 0 aliphatic heterocycles. The topological polar surface area (TPSA) is 152 Å². The van der Waals surface area contributed by atoms with Crippen LogP contribution in [0, 0.1) is 5.41 Å². The van der Waals surface area contributed by atoms with Gasteiger partial charge in [-0.15, -0.1) is 0 Å². The SMILES string of the molecule is CCOC(=O)CCN(C(=O)c1ccc2c(c1)nc(CNc1ccc(C(=N)NC(=O)Oc3ccc4c(c3)CCC4)cc1)n2C)c1ccccn1. The second-order valence-corrected chi connectivity index (χ2v) is 11.6. The van der Waals surface area contributed by atoms with E-state index in [1.165, 1.54) is 16.0 Å². The minimum atomic E-state index is -0.710. The van der Waals surface area contributed by atoms with Gasteiger partial charge in [0, 0.05) is 36.6 Å². The average Bonchev–Trinajstić information content (AvgIpc) is 3.71. The lowest BCUT2D eigenvalue weighted by atomic mass is 10.1. The van der Waals surface area contributed by atoms with E-state index in [-0.39, 0.29) is 37.3 Å². The summed E-state index contributed by atoms with van der Waals surface area (Å²) in [6, 6.07) is 23.4. The molecule has 2 aromatic heterocycles. The van der Waals surface area contributed by atoms with Crippen molar-refractivity contribution in [3.8, 4) is 5.75 Å². The van der Waals surface area contributed by atoms with Gasteiger partial charge in [-0.3, -0.25) is 25.2 Å². The largest absolute Gasteiger partial charge is 0.466 e. The first kappa shape index (κ1) is 32.9. The molecule has 2 amide bonds. The Morgan fingerprint density at radius 1 is 0.959 bits per heavy atom. The van der Waals surface area contributed by atoms with Crippen LogP contribution in [0.4, 0.5) is 16.3 Å². The minimum Gasteiger partial charge on any atom is -0.466 e. The van der Waals surface area contributed by atoms with Gasteiger partial charge in [-0.05, 0) is 104 Å². The third-order valence-electron chi connectivity index (χ3n) is 8.37. The van der Waals surface area contributed by atoms with E-state index in [4.69, 9.17) is 19.9 Å². The van der Waals surface area contributed by atoms with Gasteiger partial charge in [-0.2, -0.15) is 0 Å². The molecular weight excluding hydrogens is 622 g/mol. The van der Waals surface area contributed by atoms with Crippen molar-refractivity contribution in [1.29, 1.82) is 5.41 Å². The summed E-state index contributed by atoms with van der Waals surface area (Å²) >= 11 is 0. The Morgan fingerprint density at radius 3 is 2.53 bits per heavy atom. The first-order valence-electron chi connectivity index (χ1n) is 16.2. The second-order valence-electron chi connectivity index (χ2n) is 11.6. The number of fused-ring (bicyclic) bond motifs is 2. The molecule has 12 heteroatoms. The van der Waals surface area contributed by atoms with Gasteiger partial charge in [-0.1, -0.05) is 12.1 Å². The fourth-order valence-corrected chi connectivity index (χ4v) is 5.82. The van der Waals surface area contributed by atoms with Crippen molar-refractivity contribution in [2.75, 3.05) is 23.4 Å². The van der Waals surface area contributed by atoms with E-state index in [0.29, 0.717) is 34.8 Å². The van der Waals surface area contributed by atoms with Gasteiger partial charge in [0.25, 0.3) is 5.91 Å². The molecule has 6 rings (SSSR count). The number of amides is 2. The van der Waals surface area contributed by atoms with Gasteiger partial charge in [0.2, 0.25) is 0 Å². The lowest BCUT2D eigenvalue weighted by molar-refractivity contribution is -0.142. The summed E-state index contributed by atoms with van der Waals surface area (Å²) in [6.07, 6.45) is 4.07. The summed E-state index contributed by atoms with van der Waals surface area (Å²) < 4.78 is 12.4. The van der Waals surface area contributed by atoms with Crippen LogP contribution in [0.5, 0.6) is 5.75 Å². The molecule has 0 atom stereocenters. The predicted octanol–water partition coefficient (Wildman–Crippen LogP) is 5.78. The molecule has 0 fully saturated rings. The van der Waals surface area contributed by atoms with E-state index in [9.17, 15) is 14.4 Å². The smallest absolute Gasteiger partial charge is 0.418 e. The number of anilines is 2. The van der Waals surface area contributed by atoms with Gasteiger partial charge in [0.05, 0.1) is 30.6 Å². The third kappa shape index (κ3) is 7.75. The van der Waals surface area contributed by atoms with Gasteiger partial charge >= 0.3 is 12.1 Å². The number of esters is 1. The molecule has 0 bridgehead atoms. The van der Waals surface area contributed by atoms with Crippen LogP contribution >= 0.6 is 0 Å². The number of aryl methyl sites for hydroxylation is 3. The number of imidazole rings is 1. The Morgan fingerprint density at radius 2 is 1.76 bits per heavy atom. The molecular formula is C37H37N7O5. The first-order valence-corrected chi connectivity index (χ1v) is 16.2. The zero-order chi connectivity index (χ0) is 34.3. The van der Waals surface area contributed by atoms with Crippen molar-refractivity contribution in [3.05, 3.63) is 113 Å². The number of pyridine rings is 1. The summed E-state index contributed by atoms with van der Waals surface area (Å²) in [5.41, 5.74) is 5.74. The molecule has 0 saturated heterocycles. The zero-order valence-electron chi connectivity index (χ0n) is 27.4. The summed E-state index contributed by atoms with van der Waals surface area (Å²) in [5.74, 6) is 0.898. The maximum Gasteiger partial charge on any atom is 0.418 e. The lowest BCUT2D eigenvalue weighted by Gasteiger charge is -2.21. The fraction of sp³-hybridized carbons (Fsp3) is 0.243. The molecule has 3 N–H and O–H groups in total. The molecule has 0 saturated carbocycles. The number of nitrogens with zero attached hydrogens (tertiary/aromatic N) is 4. The highest BCUT2D eigenvalue weighted by atomic mass is 16.6. The number of carbonyl (C=O) groups is 3. The Labute approximate surface area is 283 Å². The Kier molecular flexibility index (Phi) is 9.93. The number of rotatable bonds is 11. The number of nitrogens with one attached hydrogen (secondary N) is 3. The van der Waals surface area contributed by atoms with Gasteiger partial charge < -0.3 is 19.4 Å². The summed E-state index contributed by atoms with van der Waals surface area (Å²) in [6.45, 7) is 2.53. The molecule has 1 aliphatic rings. The van der Waals surface area contributed by atoms with E-state index in [1.54, 1.807) is 61.7 Å². The normalized spacial score (nSPS) is 11.9. The van der Waals surface area contributed by atoms with Crippen LogP contribution in [0.3, 0.4) is 0 Å². The molecule has 5 aromatic rings. The third-order valence-corrected chi connectivity index (χ3v) is 8.37. The van der Waals surface area contributed by atoms with Crippen LogP contribution in [0.15, 0.2) is 85.1 Å². The molecule has 2 heterocycles. The predicted molar refractivity (Wildman–Crippen MR) is 186 cm³/mol. The quantitative estimate of drug-likeness (QED) is 0.0917. The number of hydrogen-bond acceptors (Lipinski definition) is 9. The molecule has 0 unspecified atom stereocenters. The van der Waals surface area contributed by atoms with Gasteiger partial charge in [-0.25, -0.2) is 14.8 Å². The van der Waals surface area contributed by atoms with Crippen LogP contribution in [0.25, 0.3) is 11.0 Å². The highest BCUT2D eigenvalue weighted by Crippen LogP contribution is 2.26. The number of ether oxygens (including phenoxy) is 2.